The van der Waals surface area contributed by atoms with Gasteiger partial charge in [-0.2, -0.15) is 0 Å². The van der Waals surface area contributed by atoms with Crippen LogP contribution in [0.15, 0.2) is 5.16 Å². The summed E-state index contributed by atoms with van der Waals surface area (Å²) in [7, 11) is 4.35. The normalized spacial score (nSPS) is 13.8. The van der Waals surface area contributed by atoms with Crippen LogP contribution in [0, 0.1) is 0 Å². The fourth-order valence-corrected chi connectivity index (χ4v) is 5.40. The lowest BCUT2D eigenvalue weighted by atomic mass is 10.0. The first kappa shape index (κ1) is 18.9. The molecule has 0 bridgehead atoms. The fourth-order valence-electron chi connectivity index (χ4n) is 3.91. The summed E-state index contributed by atoms with van der Waals surface area (Å²) >= 11 is 3.37. The summed E-state index contributed by atoms with van der Waals surface area (Å²) in [5.74, 6) is 0.970. The van der Waals surface area contributed by atoms with E-state index in [1.807, 2.05) is 6.26 Å². The molecule has 4 rings (SSSR count). The number of nitrogens with zero attached hydrogens (tertiary/aromatic N) is 3. The van der Waals surface area contributed by atoms with Gasteiger partial charge in [-0.05, 0) is 43.1 Å². The molecule has 0 saturated heterocycles. The summed E-state index contributed by atoms with van der Waals surface area (Å²) in [5.41, 5.74) is 5.42. The standard InChI is InChI=1S/C20H27N5S2/c1-5-7-14-12-8-6-9-13(12)15-16-17(27-19(15)22-14)18(21-10-11-25(2)3)24-20(23-16)26-4/h5-11H2,1-4H3,(H,21,23,24)/p+1. The third-order valence-electron chi connectivity index (χ3n) is 5.19. The number of quaternary nitrogens is 1. The number of hydrogen-bond acceptors (Lipinski definition) is 6. The molecule has 0 unspecified atom stereocenters. The summed E-state index contributed by atoms with van der Waals surface area (Å²) in [5, 5.41) is 5.69. The Balaban J connectivity index is 1.90. The number of thioether (sulfide) groups is 1. The predicted octanol–water partition coefficient (Wildman–Crippen LogP) is 2.96. The molecule has 144 valence electrons. The van der Waals surface area contributed by atoms with Gasteiger partial charge in [0.05, 0.1) is 37.4 Å². The number of nitrogens with one attached hydrogen (secondary N) is 2. The van der Waals surface area contributed by atoms with Crippen molar-refractivity contribution in [1.82, 2.24) is 15.0 Å². The Morgan fingerprint density at radius 2 is 1.96 bits per heavy atom. The van der Waals surface area contributed by atoms with Crippen LogP contribution in [-0.2, 0) is 19.3 Å². The Kier molecular flexibility index (Phi) is 5.53. The Morgan fingerprint density at radius 1 is 1.15 bits per heavy atom. The largest absolute Gasteiger partial charge is 0.363 e. The van der Waals surface area contributed by atoms with E-state index in [0.29, 0.717) is 0 Å². The lowest BCUT2D eigenvalue weighted by Gasteiger charge is -2.10. The van der Waals surface area contributed by atoms with E-state index in [0.717, 1.165) is 58.4 Å². The van der Waals surface area contributed by atoms with Gasteiger partial charge in [-0.25, -0.2) is 15.0 Å². The minimum Gasteiger partial charge on any atom is -0.363 e. The molecule has 0 radical (unpaired) electrons. The van der Waals surface area contributed by atoms with Crippen LogP contribution in [0.3, 0.4) is 0 Å². The van der Waals surface area contributed by atoms with Crippen LogP contribution in [0.1, 0.15) is 36.6 Å². The zero-order valence-corrected chi connectivity index (χ0v) is 18.2. The molecule has 0 spiro atoms. The predicted molar refractivity (Wildman–Crippen MR) is 117 cm³/mol. The van der Waals surface area contributed by atoms with Crippen molar-refractivity contribution in [3.8, 4) is 0 Å². The van der Waals surface area contributed by atoms with Crippen molar-refractivity contribution in [2.75, 3.05) is 38.8 Å². The first-order chi connectivity index (χ1) is 13.1. The molecule has 3 aromatic rings. The number of rotatable bonds is 7. The quantitative estimate of drug-likeness (QED) is 0.470. The molecule has 0 aliphatic heterocycles. The minimum atomic E-state index is 0.839. The Hall–Kier alpha value is -1.44. The van der Waals surface area contributed by atoms with E-state index in [2.05, 4.69) is 26.3 Å². The molecule has 0 saturated carbocycles. The first-order valence-corrected chi connectivity index (χ1v) is 11.9. The van der Waals surface area contributed by atoms with Crippen molar-refractivity contribution in [2.45, 2.75) is 44.2 Å². The summed E-state index contributed by atoms with van der Waals surface area (Å²) in [6.45, 7) is 4.20. The van der Waals surface area contributed by atoms with E-state index in [1.165, 1.54) is 39.9 Å². The van der Waals surface area contributed by atoms with Gasteiger partial charge in [0, 0.05) is 11.1 Å². The van der Waals surface area contributed by atoms with Crippen LogP contribution in [0.4, 0.5) is 5.82 Å². The summed E-state index contributed by atoms with van der Waals surface area (Å²) in [4.78, 5) is 17.4. The van der Waals surface area contributed by atoms with Gasteiger partial charge in [-0.3, -0.25) is 0 Å². The van der Waals surface area contributed by atoms with E-state index in [-0.39, 0.29) is 0 Å². The summed E-state index contributed by atoms with van der Waals surface area (Å²) in [6.07, 6.45) is 7.83. The number of pyridine rings is 1. The highest BCUT2D eigenvalue weighted by Gasteiger charge is 2.24. The maximum Gasteiger partial charge on any atom is 0.189 e. The molecule has 0 fully saturated rings. The number of aryl methyl sites for hydroxylation is 2. The third-order valence-corrected chi connectivity index (χ3v) is 6.81. The second kappa shape index (κ2) is 7.89. The van der Waals surface area contributed by atoms with Gasteiger partial charge in [0.2, 0.25) is 0 Å². The molecule has 5 nitrogen and oxygen atoms in total. The van der Waals surface area contributed by atoms with Gasteiger partial charge in [0.1, 0.15) is 10.6 Å². The molecular formula is C20H28N5S2+. The van der Waals surface area contributed by atoms with E-state index in [9.17, 15) is 0 Å². The maximum absolute atomic E-state index is 5.09. The molecule has 3 heterocycles. The average molecular weight is 403 g/mol. The maximum atomic E-state index is 5.09. The zero-order chi connectivity index (χ0) is 19.0. The zero-order valence-electron chi connectivity index (χ0n) is 16.6. The molecule has 1 aliphatic carbocycles. The van der Waals surface area contributed by atoms with Gasteiger partial charge < -0.3 is 10.2 Å². The van der Waals surface area contributed by atoms with Crippen LogP contribution < -0.4 is 10.2 Å². The summed E-state index contributed by atoms with van der Waals surface area (Å²) < 4.78 is 1.16. The highest BCUT2D eigenvalue weighted by atomic mass is 32.2. The monoisotopic (exact) mass is 402 g/mol. The van der Waals surface area contributed by atoms with Gasteiger partial charge in [-0.15, -0.1) is 11.3 Å². The summed E-state index contributed by atoms with van der Waals surface area (Å²) in [6, 6.07) is 0. The van der Waals surface area contributed by atoms with Gasteiger partial charge in [-0.1, -0.05) is 25.1 Å². The Morgan fingerprint density at radius 3 is 2.70 bits per heavy atom. The van der Waals surface area contributed by atoms with E-state index in [1.54, 1.807) is 23.1 Å². The lowest BCUT2D eigenvalue weighted by Crippen LogP contribution is -3.06. The van der Waals surface area contributed by atoms with Crippen LogP contribution in [0.2, 0.25) is 0 Å². The lowest BCUT2D eigenvalue weighted by molar-refractivity contribution is -0.856. The molecule has 1 aliphatic rings. The highest BCUT2D eigenvalue weighted by molar-refractivity contribution is 7.98. The molecule has 0 aromatic carbocycles. The topological polar surface area (TPSA) is 55.1 Å². The average Bonchev–Trinajstić information content (AvgIpc) is 3.25. The van der Waals surface area contributed by atoms with Crippen molar-refractivity contribution >= 4 is 49.3 Å². The second-order valence-corrected chi connectivity index (χ2v) is 9.29. The minimum absolute atomic E-state index is 0.839. The van der Waals surface area contributed by atoms with Gasteiger partial charge >= 0.3 is 0 Å². The van der Waals surface area contributed by atoms with Crippen molar-refractivity contribution in [1.29, 1.82) is 0 Å². The fraction of sp³-hybridized carbons (Fsp3) is 0.550. The van der Waals surface area contributed by atoms with Crippen molar-refractivity contribution in [3.63, 3.8) is 0 Å². The van der Waals surface area contributed by atoms with Gasteiger partial charge in [0.15, 0.2) is 5.16 Å². The number of thiophene rings is 1. The number of aromatic nitrogens is 3. The molecule has 0 atom stereocenters. The van der Waals surface area contributed by atoms with Gasteiger partial charge in [0.25, 0.3) is 0 Å². The molecule has 0 amide bonds. The van der Waals surface area contributed by atoms with E-state index < -0.39 is 0 Å². The molecular weight excluding hydrogens is 374 g/mol. The van der Waals surface area contributed by atoms with Crippen molar-refractivity contribution in [2.24, 2.45) is 0 Å². The van der Waals surface area contributed by atoms with Crippen LogP contribution in [0.5, 0.6) is 0 Å². The van der Waals surface area contributed by atoms with E-state index >= 15 is 0 Å². The smallest absolute Gasteiger partial charge is 0.189 e. The van der Waals surface area contributed by atoms with E-state index in [4.69, 9.17) is 15.0 Å². The Labute approximate surface area is 169 Å². The van der Waals surface area contributed by atoms with Crippen molar-refractivity contribution in [3.05, 3.63) is 16.8 Å². The van der Waals surface area contributed by atoms with Crippen LogP contribution in [0.25, 0.3) is 20.4 Å². The Bertz CT molecular complexity index is 980. The first-order valence-electron chi connectivity index (χ1n) is 9.84. The van der Waals surface area contributed by atoms with Crippen LogP contribution >= 0.6 is 23.1 Å². The second-order valence-electron chi connectivity index (χ2n) is 7.52. The third kappa shape index (κ3) is 3.52. The number of hydrogen-bond donors (Lipinski definition) is 2. The molecule has 27 heavy (non-hydrogen) atoms. The number of anilines is 1. The van der Waals surface area contributed by atoms with Crippen molar-refractivity contribution < 1.29 is 4.90 Å². The van der Waals surface area contributed by atoms with Crippen LogP contribution in [-0.4, -0.2) is 48.4 Å². The SMILES string of the molecule is CCCc1nc2sc3c(NCC[NH+](C)C)nc(SC)nc3c2c2c1CCC2. The molecule has 3 aromatic heterocycles. The molecule has 7 heteroatoms. The highest BCUT2D eigenvalue weighted by Crippen LogP contribution is 2.42. The molecule has 2 N–H and O–H groups in total. The number of fused-ring (bicyclic) bond motifs is 5. The number of likely N-dealkylation sites (N-methyl/N-ethyl adjacent to an activating group) is 1.